The molecule has 3 rings (SSSR count). The molecule has 3 aliphatic rings. The fourth-order valence-electron chi connectivity index (χ4n) is 5.20. The molecule has 2 bridgehead atoms. The molecular formula is C20H32O2. The SMILES string of the molecule is C=C1CC[C@H](C(C)C)[C@@H]2[C@H]1[C@H]1C/C(C)=C\CC[C@@](C)(O)[C@@H]2O1. The topological polar surface area (TPSA) is 29.5 Å². The number of rotatable bonds is 1. The normalized spacial score (nSPS) is 48.2. The lowest BCUT2D eigenvalue weighted by atomic mass is 9.61. The zero-order valence-electron chi connectivity index (χ0n) is 14.6. The fraction of sp³-hybridized carbons (Fsp3) is 0.800. The molecule has 0 unspecified atom stereocenters. The first-order chi connectivity index (χ1) is 10.3. The Labute approximate surface area is 135 Å². The molecule has 2 nitrogen and oxygen atoms in total. The zero-order valence-corrected chi connectivity index (χ0v) is 14.6. The molecule has 2 fully saturated rings. The predicted octanol–water partition coefficient (Wildman–Crippen LogP) is 4.49. The molecule has 0 aromatic rings. The maximum absolute atomic E-state index is 11.1. The minimum absolute atomic E-state index is 0.0359. The average Bonchev–Trinajstić information content (AvgIpc) is 2.80. The van der Waals surface area contributed by atoms with Gasteiger partial charge in [0.05, 0.1) is 17.8 Å². The highest BCUT2D eigenvalue weighted by Crippen LogP contribution is 2.54. The van der Waals surface area contributed by atoms with Crippen molar-refractivity contribution < 1.29 is 9.84 Å². The molecule has 6 atom stereocenters. The third-order valence-corrected chi connectivity index (χ3v) is 6.39. The van der Waals surface area contributed by atoms with Crippen molar-refractivity contribution in [1.82, 2.24) is 0 Å². The molecule has 1 saturated heterocycles. The van der Waals surface area contributed by atoms with E-state index in [4.69, 9.17) is 4.74 Å². The van der Waals surface area contributed by atoms with Gasteiger partial charge in [-0.2, -0.15) is 0 Å². The Hall–Kier alpha value is -0.600. The third kappa shape index (κ3) is 2.69. The van der Waals surface area contributed by atoms with Crippen LogP contribution in [0.2, 0.25) is 0 Å². The number of aliphatic hydroxyl groups is 1. The van der Waals surface area contributed by atoms with Crippen LogP contribution >= 0.6 is 0 Å². The Kier molecular flexibility index (Phi) is 4.28. The predicted molar refractivity (Wildman–Crippen MR) is 90.6 cm³/mol. The summed E-state index contributed by atoms with van der Waals surface area (Å²) in [6.45, 7) is 13.2. The summed E-state index contributed by atoms with van der Waals surface area (Å²) in [5.74, 6) is 2.15. The van der Waals surface area contributed by atoms with Crippen LogP contribution in [0, 0.1) is 23.7 Å². The van der Waals surface area contributed by atoms with Crippen molar-refractivity contribution in [3.05, 3.63) is 23.8 Å². The van der Waals surface area contributed by atoms with Crippen molar-refractivity contribution >= 4 is 0 Å². The lowest BCUT2D eigenvalue weighted by molar-refractivity contribution is -0.116. The van der Waals surface area contributed by atoms with E-state index in [2.05, 4.69) is 33.4 Å². The van der Waals surface area contributed by atoms with E-state index in [0.717, 1.165) is 25.7 Å². The number of allylic oxidation sites excluding steroid dienone is 1. The smallest absolute Gasteiger partial charge is 0.0901 e. The number of fused-ring (bicyclic) bond motifs is 5. The van der Waals surface area contributed by atoms with Gasteiger partial charge in [0.1, 0.15) is 0 Å². The maximum Gasteiger partial charge on any atom is 0.0901 e. The molecule has 0 aromatic heterocycles. The molecule has 2 heteroatoms. The van der Waals surface area contributed by atoms with E-state index in [-0.39, 0.29) is 12.2 Å². The second-order valence-electron chi connectivity index (χ2n) is 8.45. The molecule has 0 spiro atoms. The number of hydrogen-bond acceptors (Lipinski definition) is 2. The van der Waals surface area contributed by atoms with Gasteiger partial charge in [-0.25, -0.2) is 0 Å². The van der Waals surface area contributed by atoms with Crippen molar-refractivity contribution in [3.63, 3.8) is 0 Å². The molecule has 2 aliphatic heterocycles. The van der Waals surface area contributed by atoms with Gasteiger partial charge in [-0.05, 0) is 63.7 Å². The van der Waals surface area contributed by atoms with Crippen LogP contribution in [0.3, 0.4) is 0 Å². The van der Waals surface area contributed by atoms with Gasteiger partial charge >= 0.3 is 0 Å². The maximum atomic E-state index is 11.1. The molecule has 22 heavy (non-hydrogen) atoms. The Morgan fingerprint density at radius 3 is 2.82 bits per heavy atom. The lowest BCUT2D eigenvalue weighted by Gasteiger charge is -2.43. The summed E-state index contributed by atoms with van der Waals surface area (Å²) in [7, 11) is 0. The van der Waals surface area contributed by atoms with Crippen molar-refractivity contribution in [3.8, 4) is 0 Å². The first kappa shape index (κ1) is 16.3. The second-order valence-corrected chi connectivity index (χ2v) is 8.45. The van der Waals surface area contributed by atoms with Gasteiger partial charge in [-0.3, -0.25) is 0 Å². The van der Waals surface area contributed by atoms with Crippen LogP contribution in [0.4, 0.5) is 0 Å². The molecule has 0 amide bonds. The summed E-state index contributed by atoms with van der Waals surface area (Å²) in [4.78, 5) is 0. The van der Waals surface area contributed by atoms with Crippen molar-refractivity contribution in [1.29, 1.82) is 0 Å². The number of ether oxygens (including phenoxy) is 1. The first-order valence-electron chi connectivity index (χ1n) is 9.02. The molecule has 0 radical (unpaired) electrons. The first-order valence-corrected chi connectivity index (χ1v) is 9.02. The Morgan fingerprint density at radius 2 is 2.14 bits per heavy atom. The van der Waals surface area contributed by atoms with Crippen molar-refractivity contribution in [2.24, 2.45) is 23.7 Å². The van der Waals surface area contributed by atoms with Crippen molar-refractivity contribution in [2.75, 3.05) is 0 Å². The highest BCUT2D eigenvalue weighted by molar-refractivity contribution is 5.20. The van der Waals surface area contributed by atoms with Gasteiger partial charge in [0.25, 0.3) is 0 Å². The molecule has 1 N–H and O–H groups in total. The minimum atomic E-state index is -0.733. The standard InChI is InChI=1S/C20H32O2/c1-12(2)15-9-8-14(4)17-16-11-13(3)7-6-10-20(5,21)19(22-16)18(15)17/h7,12,15-19,21H,4,6,8-11H2,1-3,5H3/b13-7-/t15-,16-,17-,18-,19-,20-/m1/s1. The monoisotopic (exact) mass is 304 g/mol. The summed E-state index contributed by atoms with van der Waals surface area (Å²) >= 11 is 0. The van der Waals surface area contributed by atoms with Gasteiger partial charge in [-0.1, -0.05) is 37.6 Å². The Balaban J connectivity index is 2.02. The van der Waals surface area contributed by atoms with Crippen LogP contribution in [0.15, 0.2) is 23.8 Å². The summed E-state index contributed by atoms with van der Waals surface area (Å²) in [6, 6.07) is 0. The van der Waals surface area contributed by atoms with Crippen LogP contribution in [-0.4, -0.2) is 22.9 Å². The van der Waals surface area contributed by atoms with Crippen molar-refractivity contribution in [2.45, 2.75) is 77.6 Å². The van der Waals surface area contributed by atoms with E-state index in [1.54, 1.807) is 0 Å². The van der Waals surface area contributed by atoms with Crippen LogP contribution in [0.25, 0.3) is 0 Å². The Morgan fingerprint density at radius 1 is 1.41 bits per heavy atom. The molecule has 0 aromatic carbocycles. The highest BCUT2D eigenvalue weighted by Gasteiger charge is 2.56. The quantitative estimate of drug-likeness (QED) is 0.723. The van der Waals surface area contributed by atoms with E-state index < -0.39 is 5.60 Å². The third-order valence-electron chi connectivity index (χ3n) is 6.39. The summed E-state index contributed by atoms with van der Waals surface area (Å²) < 4.78 is 6.51. The molecule has 124 valence electrons. The summed E-state index contributed by atoms with van der Waals surface area (Å²) in [6.07, 6.45) is 7.54. The lowest BCUT2D eigenvalue weighted by Crippen LogP contribution is -2.48. The van der Waals surface area contributed by atoms with E-state index >= 15 is 0 Å². The molecular weight excluding hydrogens is 272 g/mol. The van der Waals surface area contributed by atoms with Gasteiger partial charge in [0.2, 0.25) is 0 Å². The van der Waals surface area contributed by atoms with Gasteiger partial charge < -0.3 is 9.84 Å². The average molecular weight is 304 g/mol. The van der Waals surface area contributed by atoms with Crippen LogP contribution in [-0.2, 0) is 4.74 Å². The van der Waals surface area contributed by atoms with E-state index in [9.17, 15) is 5.11 Å². The zero-order chi connectivity index (χ0) is 16.1. The van der Waals surface area contributed by atoms with Crippen LogP contribution in [0.5, 0.6) is 0 Å². The number of hydrogen-bond donors (Lipinski definition) is 1. The molecule has 1 saturated carbocycles. The summed E-state index contributed by atoms with van der Waals surface area (Å²) in [5, 5.41) is 11.1. The second kappa shape index (κ2) is 5.79. The molecule has 2 heterocycles. The minimum Gasteiger partial charge on any atom is -0.387 e. The van der Waals surface area contributed by atoms with E-state index in [0.29, 0.717) is 23.7 Å². The highest BCUT2D eigenvalue weighted by atomic mass is 16.5. The summed E-state index contributed by atoms with van der Waals surface area (Å²) in [5.41, 5.74) is 2.03. The van der Waals surface area contributed by atoms with Gasteiger partial charge in [-0.15, -0.1) is 0 Å². The van der Waals surface area contributed by atoms with Crippen LogP contribution < -0.4 is 0 Å². The van der Waals surface area contributed by atoms with Crippen LogP contribution in [0.1, 0.15) is 59.8 Å². The largest absolute Gasteiger partial charge is 0.387 e. The Bertz CT molecular complexity index is 474. The fourth-order valence-corrected chi connectivity index (χ4v) is 5.20. The van der Waals surface area contributed by atoms with E-state index in [1.165, 1.54) is 17.6 Å². The van der Waals surface area contributed by atoms with Gasteiger partial charge in [0, 0.05) is 5.92 Å². The van der Waals surface area contributed by atoms with E-state index in [1.807, 2.05) is 6.92 Å². The van der Waals surface area contributed by atoms with Gasteiger partial charge in [0.15, 0.2) is 0 Å². The molecule has 1 aliphatic carbocycles.